The summed E-state index contributed by atoms with van der Waals surface area (Å²) in [6, 6.07) is 12.1. The van der Waals surface area contributed by atoms with Crippen LogP contribution in [0.1, 0.15) is 37.2 Å². The lowest BCUT2D eigenvalue weighted by molar-refractivity contribution is -0.120. The lowest BCUT2D eigenvalue weighted by atomic mass is 10.0. The molecule has 1 amide bonds. The number of fused-ring (bicyclic) bond motifs is 1. The van der Waals surface area contributed by atoms with Crippen LogP contribution in [0.4, 0.5) is 5.69 Å². The smallest absolute Gasteiger partial charge is 0.324 e. The maximum atomic E-state index is 12.9. The minimum absolute atomic E-state index is 0.0767. The van der Waals surface area contributed by atoms with E-state index < -0.39 is 23.2 Å². The molecule has 1 unspecified atom stereocenters. The zero-order valence-corrected chi connectivity index (χ0v) is 15.9. The molecule has 2 N–H and O–H groups in total. The van der Waals surface area contributed by atoms with Gasteiger partial charge in [0.25, 0.3) is 5.56 Å². The van der Waals surface area contributed by atoms with E-state index in [0.29, 0.717) is 22.2 Å². The van der Waals surface area contributed by atoms with E-state index >= 15 is 0 Å². The highest BCUT2D eigenvalue weighted by Crippen LogP contribution is 2.19. The minimum atomic E-state index is -0.992. The van der Waals surface area contributed by atoms with E-state index in [-0.39, 0.29) is 11.7 Å². The molecule has 0 saturated carbocycles. The van der Waals surface area contributed by atoms with Gasteiger partial charge >= 0.3 is 5.69 Å². The summed E-state index contributed by atoms with van der Waals surface area (Å²) in [5.74, 6) is -0.864. The number of para-hydroxylation sites is 1. The van der Waals surface area contributed by atoms with Crippen LogP contribution in [0.2, 0.25) is 0 Å². The van der Waals surface area contributed by atoms with Crippen LogP contribution in [0.15, 0.2) is 58.1 Å². The molecule has 0 spiro atoms. The summed E-state index contributed by atoms with van der Waals surface area (Å²) in [6.07, 6.45) is 0. The maximum absolute atomic E-state index is 12.9. The second kappa shape index (κ2) is 7.64. The summed E-state index contributed by atoms with van der Waals surface area (Å²) in [7, 11) is 0. The number of rotatable bonds is 5. The van der Waals surface area contributed by atoms with Gasteiger partial charge in [-0.05, 0) is 49.2 Å². The Labute approximate surface area is 161 Å². The first kappa shape index (κ1) is 19.3. The average molecular weight is 379 g/mol. The molecule has 0 aliphatic rings. The maximum Gasteiger partial charge on any atom is 0.329 e. The van der Waals surface area contributed by atoms with Crippen LogP contribution in [0.5, 0.6) is 0 Å². The van der Waals surface area contributed by atoms with Crippen molar-refractivity contribution < 1.29 is 9.59 Å². The van der Waals surface area contributed by atoms with Gasteiger partial charge in [0.05, 0.1) is 10.9 Å². The summed E-state index contributed by atoms with van der Waals surface area (Å²) in [5, 5.41) is 3.07. The zero-order chi connectivity index (χ0) is 20.4. The number of carbonyl (C=O) groups excluding carboxylic acids is 2. The van der Waals surface area contributed by atoms with Gasteiger partial charge in [0.2, 0.25) is 5.91 Å². The first-order chi connectivity index (χ1) is 13.3. The predicted molar refractivity (Wildman–Crippen MR) is 108 cm³/mol. The molecule has 3 rings (SSSR count). The molecular weight excluding hydrogens is 358 g/mol. The number of amides is 1. The van der Waals surface area contributed by atoms with Crippen molar-refractivity contribution in [3.8, 4) is 0 Å². The van der Waals surface area contributed by atoms with E-state index in [2.05, 4.69) is 10.3 Å². The van der Waals surface area contributed by atoms with Gasteiger partial charge in [-0.15, -0.1) is 0 Å². The van der Waals surface area contributed by atoms with Gasteiger partial charge in [0, 0.05) is 11.3 Å². The summed E-state index contributed by atoms with van der Waals surface area (Å²) in [5.41, 5.74) is 0.285. The van der Waals surface area contributed by atoms with Gasteiger partial charge in [-0.3, -0.25) is 14.4 Å². The second-order valence-electron chi connectivity index (χ2n) is 6.96. The minimum Gasteiger partial charge on any atom is -0.324 e. The number of aromatic amines is 1. The molecular formula is C21H21N3O4. The van der Waals surface area contributed by atoms with Crippen molar-refractivity contribution in [1.82, 2.24) is 9.55 Å². The molecule has 7 nitrogen and oxygen atoms in total. The third-order valence-electron chi connectivity index (χ3n) is 4.57. The van der Waals surface area contributed by atoms with E-state index in [0.717, 1.165) is 4.57 Å². The van der Waals surface area contributed by atoms with Crippen molar-refractivity contribution in [1.29, 1.82) is 0 Å². The highest BCUT2D eigenvalue weighted by Gasteiger charge is 2.28. The summed E-state index contributed by atoms with van der Waals surface area (Å²) >= 11 is 0. The Morgan fingerprint density at radius 3 is 2.25 bits per heavy atom. The molecule has 0 saturated heterocycles. The number of aromatic nitrogens is 2. The molecule has 28 heavy (non-hydrogen) atoms. The van der Waals surface area contributed by atoms with Gasteiger partial charge in [-0.1, -0.05) is 26.0 Å². The monoisotopic (exact) mass is 379 g/mol. The molecule has 1 aromatic heterocycles. The molecule has 3 aromatic rings. The topological polar surface area (TPSA) is 101 Å². The molecule has 1 atom stereocenters. The summed E-state index contributed by atoms with van der Waals surface area (Å²) in [6.45, 7) is 5.00. The third-order valence-corrected chi connectivity index (χ3v) is 4.57. The Hall–Kier alpha value is -3.48. The predicted octanol–water partition coefficient (Wildman–Crippen LogP) is 2.73. The van der Waals surface area contributed by atoms with Crippen LogP contribution in [0.3, 0.4) is 0 Å². The van der Waals surface area contributed by atoms with E-state index in [1.165, 1.54) is 6.92 Å². The Bertz CT molecular complexity index is 1160. The van der Waals surface area contributed by atoms with Crippen LogP contribution in [-0.4, -0.2) is 21.2 Å². The summed E-state index contributed by atoms with van der Waals surface area (Å²) in [4.78, 5) is 52.4. The van der Waals surface area contributed by atoms with Gasteiger partial charge in [-0.25, -0.2) is 9.36 Å². The number of hydrogen-bond donors (Lipinski definition) is 2. The largest absolute Gasteiger partial charge is 0.329 e. The Kier molecular flexibility index (Phi) is 5.26. The molecule has 2 aromatic carbocycles. The van der Waals surface area contributed by atoms with Crippen LogP contribution in [0, 0.1) is 5.92 Å². The number of Topliss-reactive ketones (excluding diaryl/α,β-unsaturated/α-hetero) is 1. The fraction of sp³-hybridized carbons (Fsp3) is 0.238. The van der Waals surface area contributed by atoms with Gasteiger partial charge < -0.3 is 10.3 Å². The number of anilines is 1. The SMILES string of the molecule is CC(=O)c1ccc(NC(=O)C(C(C)C)n2c(=O)[nH]c3ccccc3c2=O)cc1. The highest BCUT2D eigenvalue weighted by atomic mass is 16.2. The van der Waals surface area contributed by atoms with Crippen molar-refractivity contribution in [2.45, 2.75) is 26.8 Å². The number of nitrogens with zero attached hydrogens (tertiary/aromatic N) is 1. The first-order valence-electron chi connectivity index (χ1n) is 8.95. The van der Waals surface area contributed by atoms with E-state index in [4.69, 9.17) is 0 Å². The van der Waals surface area contributed by atoms with Gasteiger partial charge in [0.15, 0.2) is 5.78 Å². The number of hydrogen-bond acceptors (Lipinski definition) is 4. The number of nitrogens with one attached hydrogen (secondary N) is 2. The number of carbonyl (C=O) groups is 2. The highest BCUT2D eigenvalue weighted by molar-refractivity contribution is 5.96. The van der Waals surface area contributed by atoms with Gasteiger partial charge in [0.1, 0.15) is 6.04 Å². The fourth-order valence-corrected chi connectivity index (χ4v) is 3.15. The Morgan fingerprint density at radius 2 is 1.64 bits per heavy atom. The fourth-order valence-electron chi connectivity index (χ4n) is 3.15. The van der Waals surface area contributed by atoms with Crippen molar-refractivity contribution in [3.63, 3.8) is 0 Å². The van der Waals surface area contributed by atoms with E-state index in [9.17, 15) is 19.2 Å². The molecule has 0 fully saturated rings. The molecule has 144 valence electrons. The molecule has 0 bridgehead atoms. The lowest BCUT2D eigenvalue weighted by Gasteiger charge is -2.22. The Morgan fingerprint density at radius 1 is 1.00 bits per heavy atom. The van der Waals surface area contributed by atoms with Crippen molar-refractivity contribution in [3.05, 3.63) is 74.9 Å². The zero-order valence-electron chi connectivity index (χ0n) is 15.9. The summed E-state index contributed by atoms with van der Waals surface area (Å²) < 4.78 is 0.965. The standard InChI is InChI=1S/C21H21N3O4/c1-12(2)18(19(26)22-15-10-8-14(9-11-15)13(3)25)24-20(27)16-6-4-5-7-17(16)23-21(24)28/h4-12,18H,1-3H3,(H,22,26)(H,23,28). The Balaban J connectivity index is 2.01. The molecule has 1 heterocycles. The van der Waals surface area contributed by atoms with E-state index in [1.807, 2.05) is 0 Å². The van der Waals surface area contributed by atoms with Crippen LogP contribution < -0.4 is 16.6 Å². The second-order valence-corrected chi connectivity index (χ2v) is 6.96. The average Bonchev–Trinajstić information content (AvgIpc) is 2.65. The number of ketones is 1. The van der Waals surface area contributed by atoms with Crippen molar-refractivity contribution in [2.75, 3.05) is 5.32 Å². The van der Waals surface area contributed by atoms with Crippen LogP contribution in [0.25, 0.3) is 10.9 Å². The molecule has 0 radical (unpaired) electrons. The number of H-pyrrole nitrogens is 1. The van der Waals surface area contributed by atoms with Crippen LogP contribution >= 0.6 is 0 Å². The number of benzene rings is 2. The third kappa shape index (κ3) is 3.64. The quantitative estimate of drug-likeness (QED) is 0.666. The van der Waals surface area contributed by atoms with Crippen molar-refractivity contribution >= 4 is 28.3 Å². The molecule has 7 heteroatoms. The molecule has 0 aliphatic carbocycles. The lowest BCUT2D eigenvalue weighted by Crippen LogP contribution is -2.44. The molecule has 0 aliphatic heterocycles. The van der Waals surface area contributed by atoms with E-state index in [1.54, 1.807) is 62.4 Å². The van der Waals surface area contributed by atoms with Crippen LogP contribution in [-0.2, 0) is 4.79 Å². The van der Waals surface area contributed by atoms with Crippen molar-refractivity contribution in [2.24, 2.45) is 5.92 Å². The normalized spacial score (nSPS) is 12.1. The van der Waals surface area contributed by atoms with Gasteiger partial charge in [-0.2, -0.15) is 0 Å². The first-order valence-corrected chi connectivity index (χ1v) is 8.95.